The molecule has 0 radical (unpaired) electrons. The highest BCUT2D eigenvalue weighted by Gasteiger charge is 2.13. The molecule has 33 heavy (non-hydrogen) atoms. The minimum atomic E-state index is -0.567. The van der Waals surface area contributed by atoms with Gasteiger partial charge in [-0.25, -0.2) is 8.91 Å². The molecular formula is C24H22BrFN4O3. The number of anilines is 1. The van der Waals surface area contributed by atoms with Gasteiger partial charge in [-0.1, -0.05) is 29.3 Å². The van der Waals surface area contributed by atoms with Crippen LogP contribution in [0.3, 0.4) is 0 Å². The Labute approximate surface area is 197 Å². The van der Waals surface area contributed by atoms with Crippen LogP contribution in [-0.4, -0.2) is 26.7 Å². The molecule has 4 aromatic rings. The second kappa shape index (κ2) is 9.99. The van der Waals surface area contributed by atoms with E-state index in [1.165, 1.54) is 27.4 Å². The number of nitrogens with one attached hydrogen (secondary N) is 1. The molecule has 0 bridgehead atoms. The molecule has 0 aliphatic carbocycles. The fraction of sp³-hybridized carbons (Fsp3) is 0.208. The third kappa shape index (κ3) is 5.31. The van der Waals surface area contributed by atoms with Gasteiger partial charge < -0.3 is 14.6 Å². The molecule has 2 aromatic heterocycles. The normalized spacial score (nSPS) is 11.0. The number of unbranched alkanes of at least 4 members (excludes halogenated alkanes) is 1. The van der Waals surface area contributed by atoms with Crippen molar-refractivity contribution in [1.29, 1.82) is 0 Å². The third-order valence-corrected chi connectivity index (χ3v) is 5.53. The van der Waals surface area contributed by atoms with Crippen LogP contribution in [0.15, 0.2) is 70.2 Å². The molecule has 2 aromatic carbocycles. The molecular weight excluding hydrogens is 491 g/mol. The quantitative estimate of drug-likeness (QED) is 0.341. The van der Waals surface area contributed by atoms with Crippen LogP contribution in [0.2, 0.25) is 0 Å². The summed E-state index contributed by atoms with van der Waals surface area (Å²) in [4.78, 5) is 25.3. The number of benzene rings is 2. The Morgan fingerprint density at radius 3 is 2.67 bits per heavy atom. The van der Waals surface area contributed by atoms with Crippen molar-refractivity contribution in [2.24, 2.45) is 0 Å². The number of carbonyl (C=O) groups excluding carboxylic acids is 1. The molecule has 0 aliphatic heterocycles. The molecule has 0 saturated carbocycles. The van der Waals surface area contributed by atoms with Gasteiger partial charge in [0.2, 0.25) is 5.91 Å². The Kier molecular flexibility index (Phi) is 6.88. The highest BCUT2D eigenvalue weighted by Crippen LogP contribution is 2.22. The van der Waals surface area contributed by atoms with Crippen molar-refractivity contribution in [1.82, 2.24) is 14.2 Å². The fourth-order valence-corrected chi connectivity index (χ4v) is 3.62. The van der Waals surface area contributed by atoms with E-state index in [9.17, 15) is 14.0 Å². The van der Waals surface area contributed by atoms with Crippen molar-refractivity contribution < 1.29 is 13.9 Å². The van der Waals surface area contributed by atoms with E-state index in [2.05, 4.69) is 33.3 Å². The Morgan fingerprint density at radius 2 is 1.94 bits per heavy atom. The van der Waals surface area contributed by atoms with Gasteiger partial charge in [-0.3, -0.25) is 9.59 Å². The van der Waals surface area contributed by atoms with Crippen molar-refractivity contribution in [3.8, 4) is 17.0 Å². The maximum atomic E-state index is 14.0. The van der Waals surface area contributed by atoms with Gasteiger partial charge in [0.1, 0.15) is 23.6 Å². The van der Waals surface area contributed by atoms with Gasteiger partial charge in [0.15, 0.2) is 0 Å². The lowest BCUT2D eigenvalue weighted by Crippen LogP contribution is -2.28. The first-order chi connectivity index (χ1) is 15.9. The van der Waals surface area contributed by atoms with Crippen molar-refractivity contribution in [2.45, 2.75) is 26.3 Å². The summed E-state index contributed by atoms with van der Waals surface area (Å²) in [6, 6.07) is 13.5. The van der Waals surface area contributed by atoms with E-state index in [0.29, 0.717) is 22.3 Å². The first-order valence-electron chi connectivity index (χ1n) is 10.5. The van der Waals surface area contributed by atoms with Crippen LogP contribution in [0.5, 0.6) is 5.75 Å². The summed E-state index contributed by atoms with van der Waals surface area (Å²) in [6.45, 7) is 2.53. The fourth-order valence-electron chi connectivity index (χ4n) is 3.28. The molecule has 1 amide bonds. The number of carbonyl (C=O) groups is 1. The summed E-state index contributed by atoms with van der Waals surface area (Å²) >= 11 is 3.17. The topological polar surface area (TPSA) is 77.6 Å². The Morgan fingerprint density at radius 1 is 1.15 bits per heavy atom. The first-order valence-corrected chi connectivity index (χ1v) is 11.3. The lowest BCUT2D eigenvalue weighted by molar-refractivity contribution is -0.116. The molecule has 2 heterocycles. The molecule has 9 heteroatoms. The predicted octanol–water partition coefficient (Wildman–Crippen LogP) is 4.88. The third-order valence-electron chi connectivity index (χ3n) is 5.04. The minimum Gasteiger partial charge on any atom is -0.494 e. The molecule has 0 fully saturated rings. The maximum absolute atomic E-state index is 14.0. The number of rotatable bonds is 8. The van der Waals surface area contributed by atoms with E-state index in [-0.39, 0.29) is 17.8 Å². The van der Waals surface area contributed by atoms with E-state index in [1.807, 2.05) is 24.3 Å². The monoisotopic (exact) mass is 512 g/mol. The van der Waals surface area contributed by atoms with E-state index in [0.717, 1.165) is 24.2 Å². The number of fused-ring (bicyclic) bond motifs is 1. The van der Waals surface area contributed by atoms with Gasteiger partial charge in [-0.05, 0) is 55.0 Å². The first kappa shape index (κ1) is 22.7. The summed E-state index contributed by atoms with van der Waals surface area (Å²) in [7, 11) is 0. The highest BCUT2D eigenvalue weighted by atomic mass is 79.9. The SMILES string of the molecule is CCCCOc1ccc(-c2cc3c(=O)n(CC(=O)Nc4ccc(Br)cc4F)ccn3n2)cc1. The number of hydrogen-bond acceptors (Lipinski definition) is 4. The number of ether oxygens (including phenoxy) is 1. The van der Waals surface area contributed by atoms with Crippen LogP contribution in [0, 0.1) is 5.82 Å². The summed E-state index contributed by atoms with van der Waals surface area (Å²) in [5.41, 5.74) is 1.48. The summed E-state index contributed by atoms with van der Waals surface area (Å²) < 4.78 is 23.0. The van der Waals surface area contributed by atoms with Crippen LogP contribution >= 0.6 is 15.9 Å². The molecule has 0 spiro atoms. The van der Waals surface area contributed by atoms with E-state index in [1.54, 1.807) is 18.3 Å². The van der Waals surface area contributed by atoms with Crippen LogP contribution in [0.4, 0.5) is 10.1 Å². The average Bonchev–Trinajstić information content (AvgIpc) is 3.24. The van der Waals surface area contributed by atoms with Crippen molar-refractivity contribution in [3.05, 3.63) is 81.6 Å². The van der Waals surface area contributed by atoms with Crippen molar-refractivity contribution in [3.63, 3.8) is 0 Å². The van der Waals surface area contributed by atoms with Crippen molar-refractivity contribution >= 4 is 33.0 Å². The van der Waals surface area contributed by atoms with Gasteiger partial charge >= 0.3 is 0 Å². The molecule has 170 valence electrons. The largest absolute Gasteiger partial charge is 0.494 e. The van der Waals surface area contributed by atoms with Crippen molar-refractivity contribution in [2.75, 3.05) is 11.9 Å². The summed E-state index contributed by atoms with van der Waals surface area (Å²) in [5, 5.41) is 6.95. The second-order valence-corrected chi connectivity index (χ2v) is 8.40. The molecule has 0 saturated heterocycles. The smallest absolute Gasteiger partial charge is 0.277 e. The average molecular weight is 513 g/mol. The zero-order chi connectivity index (χ0) is 23.4. The Balaban J connectivity index is 1.51. The standard InChI is InChI=1S/C24H22BrFN4O3/c1-2-3-12-33-18-7-4-16(5-8-18)21-14-22-24(32)29(10-11-30(22)28-21)15-23(31)27-20-9-6-17(25)13-19(20)26/h4-11,13-14H,2-3,12,15H2,1H3,(H,27,31). The van der Waals surface area contributed by atoms with Gasteiger partial charge in [-0.2, -0.15) is 5.10 Å². The van der Waals surface area contributed by atoms with E-state index >= 15 is 0 Å². The minimum absolute atomic E-state index is 0.0473. The van der Waals surface area contributed by atoms with Gasteiger partial charge in [0, 0.05) is 22.4 Å². The number of halogens is 2. The van der Waals surface area contributed by atoms with Gasteiger partial charge in [-0.15, -0.1) is 0 Å². The summed E-state index contributed by atoms with van der Waals surface area (Å²) in [5.74, 6) is -0.296. The number of amides is 1. The number of hydrogen-bond donors (Lipinski definition) is 1. The van der Waals surface area contributed by atoms with E-state index in [4.69, 9.17) is 4.74 Å². The lowest BCUT2D eigenvalue weighted by Gasteiger charge is -2.08. The van der Waals surface area contributed by atoms with Gasteiger partial charge in [0.25, 0.3) is 5.56 Å². The predicted molar refractivity (Wildman–Crippen MR) is 128 cm³/mol. The second-order valence-electron chi connectivity index (χ2n) is 7.49. The van der Waals surface area contributed by atoms with E-state index < -0.39 is 11.7 Å². The Bertz CT molecular complexity index is 1350. The molecule has 4 rings (SSSR count). The molecule has 7 nitrogen and oxygen atoms in total. The van der Waals surface area contributed by atoms with Crippen LogP contribution in [0.25, 0.3) is 16.8 Å². The zero-order valence-electron chi connectivity index (χ0n) is 17.9. The summed E-state index contributed by atoms with van der Waals surface area (Å²) in [6.07, 6.45) is 5.15. The molecule has 0 aliphatic rings. The van der Waals surface area contributed by atoms with Crippen LogP contribution < -0.4 is 15.6 Å². The number of nitrogens with zero attached hydrogens (tertiary/aromatic N) is 3. The molecule has 0 unspecified atom stereocenters. The zero-order valence-corrected chi connectivity index (χ0v) is 19.5. The molecule has 1 N–H and O–H groups in total. The van der Waals surface area contributed by atoms with Crippen LogP contribution in [-0.2, 0) is 11.3 Å². The molecule has 0 atom stereocenters. The highest BCUT2D eigenvalue weighted by molar-refractivity contribution is 9.10. The Hall–Kier alpha value is -3.46. The van der Waals surface area contributed by atoms with Gasteiger partial charge in [0.05, 0.1) is 18.0 Å². The lowest BCUT2D eigenvalue weighted by atomic mass is 10.1. The van der Waals surface area contributed by atoms with Crippen LogP contribution in [0.1, 0.15) is 19.8 Å². The maximum Gasteiger partial charge on any atom is 0.277 e. The number of aromatic nitrogens is 3.